The van der Waals surface area contributed by atoms with Crippen LogP contribution in [-0.4, -0.2) is 53.1 Å². The molecule has 0 amide bonds. The fourth-order valence-electron chi connectivity index (χ4n) is 1.43. The van der Waals surface area contributed by atoms with Crippen molar-refractivity contribution in [3.8, 4) is 5.75 Å². The van der Waals surface area contributed by atoms with Crippen LogP contribution in [0.4, 0.5) is 0 Å². The zero-order valence-electron chi connectivity index (χ0n) is 12.2. The standard InChI is InChI=1S/C13H21N3O3S.HI/c1-14-13(16-9-11-20(2,17)18)15-8-10-19-12-6-4-3-5-7-12;/h3-7H,8-11H2,1-2H3,(H2,14,15,16);1H. The molecule has 21 heavy (non-hydrogen) atoms. The van der Waals surface area contributed by atoms with E-state index in [1.165, 1.54) is 6.26 Å². The Morgan fingerprint density at radius 3 is 2.38 bits per heavy atom. The summed E-state index contributed by atoms with van der Waals surface area (Å²) in [5.41, 5.74) is 0. The van der Waals surface area contributed by atoms with E-state index >= 15 is 0 Å². The Morgan fingerprint density at radius 2 is 1.81 bits per heavy atom. The fourth-order valence-corrected chi connectivity index (χ4v) is 1.90. The van der Waals surface area contributed by atoms with Crippen molar-refractivity contribution in [3.05, 3.63) is 30.3 Å². The van der Waals surface area contributed by atoms with Crippen LogP contribution in [0.15, 0.2) is 35.3 Å². The molecule has 0 saturated heterocycles. The SMILES string of the molecule is CN=C(NCCOc1ccccc1)NCCS(C)(=O)=O.I. The van der Waals surface area contributed by atoms with Crippen molar-refractivity contribution in [3.63, 3.8) is 0 Å². The van der Waals surface area contributed by atoms with Crippen LogP contribution in [0.1, 0.15) is 0 Å². The Bertz CT molecular complexity index is 521. The van der Waals surface area contributed by atoms with Crippen LogP contribution in [0.3, 0.4) is 0 Å². The summed E-state index contributed by atoms with van der Waals surface area (Å²) in [6.07, 6.45) is 1.21. The second kappa shape index (κ2) is 10.7. The molecule has 6 nitrogen and oxygen atoms in total. The molecule has 0 heterocycles. The van der Waals surface area contributed by atoms with Crippen molar-refractivity contribution in [1.29, 1.82) is 0 Å². The molecule has 0 radical (unpaired) electrons. The highest BCUT2D eigenvalue weighted by atomic mass is 127. The third kappa shape index (κ3) is 10.4. The highest BCUT2D eigenvalue weighted by molar-refractivity contribution is 14.0. The van der Waals surface area contributed by atoms with Crippen molar-refractivity contribution in [2.24, 2.45) is 4.99 Å². The van der Waals surface area contributed by atoms with E-state index in [1.807, 2.05) is 30.3 Å². The van der Waals surface area contributed by atoms with Gasteiger partial charge in [-0.2, -0.15) is 0 Å². The van der Waals surface area contributed by atoms with E-state index < -0.39 is 9.84 Å². The third-order valence-corrected chi connectivity index (χ3v) is 3.34. The van der Waals surface area contributed by atoms with Crippen molar-refractivity contribution >= 4 is 39.8 Å². The van der Waals surface area contributed by atoms with Gasteiger partial charge in [0.1, 0.15) is 22.2 Å². The predicted octanol–water partition coefficient (Wildman–Crippen LogP) is 0.893. The Morgan fingerprint density at radius 1 is 1.19 bits per heavy atom. The summed E-state index contributed by atoms with van der Waals surface area (Å²) in [7, 11) is -1.33. The van der Waals surface area contributed by atoms with Crippen LogP contribution in [0.25, 0.3) is 0 Å². The maximum absolute atomic E-state index is 11.0. The van der Waals surface area contributed by atoms with Gasteiger partial charge in [0, 0.05) is 19.8 Å². The van der Waals surface area contributed by atoms with E-state index in [4.69, 9.17) is 4.74 Å². The van der Waals surface area contributed by atoms with Crippen LogP contribution in [0, 0.1) is 0 Å². The highest BCUT2D eigenvalue weighted by Crippen LogP contribution is 2.07. The minimum Gasteiger partial charge on any atom is -0.492 e. The lowest BCUT2D eigenvalue weighted by atomic mass is 10.3. The summed E-state index contributed by atoms with van der Waals surface area (Å²) in [6, 6.07) is 9.53. The van der Waals surface area contributed by atoms with Gasteiger partial charge in [0.2, 0.25) is 0 Å². The maximum Gasteiger partial charge on any atom is 0.191 e. The van der Waals surface area contributed by atoms with E-state index in [2.05, 4.69) is 15.6 Å². The van der Waals surface area contributed by atoms with Crippen molar-refractivity contribution < 1.29 is 13.2 Å². The molecule has 0 aromatic heterocycles. The van der Waals surface area contributed by atoms with Gasteiger partial charge in [-0.25, -0.2) is 8.42 Å². The summed E-state index contributed by atoms with van der Waals surface area (Å²) in [5, 5.41) is 5.97. The summed E-state index contributed by atoms with van der Waals surface area (Å²) in [5.74, 6) is 1.45. The van der Waals surface area contributed by atoms with Gasteiger partial charge in [-0.3, -0.25) is 4.99 Å². The molecule has 8 heteroatoms. The summed E-state index contributed by atoms with van der Waals surface area (Å²) in [4.78, 5) is 4.00. The number of para-hydroxylation sites is 1. The normalized spacial score (nSPS) is 11.4. The maximum atomic E-state index is 11.0. The second-order valence-corrected chi connectivity index (χ2v) is 6.48. The monoisotopic (exact) mass is 427 g/mol. The van der Waals surface area contributed by atoms with E-state index in [-0.39, 0.29) is 29.7 Å². The summed E-state index contributed by atoms with van der Waals surface area (Å²) >= 11 is 0. The van der Waals surface area contributed by atoms with E-state index in [9.17, 15) is 8.42 Å². The van der Waals surface area contributed by atoms with Gasteiger partial charge in [-0.05, 0) is 12.1 Å². The second-order valence-electron chi connectivity index (χ2n) is 4.22. The summed E-state index contributed by atoms with van der Waals surface area (Å²) < 4.78 is 27.5. The molecule has 1 rings (SSSR count). The number of rotatable bonds is 7. The fraction of sp³-hybridized carbons (Fsp3) is 0.462. The number of hydrogen-bond donors (Lipinski definition) is 2. The first-order chi connectivity index (χ1) is 9.51. The third-order valence-electron chi connectivity index (χ3n) is 2.40. The molecular formula is C13H22IN3O3S. The van der Waals surface area contributed by atoms with Gasteiger partial charge in [0.15, 0.2) is 5.96 Å². The number of aliphatic imine (C=N–C) groups is 1. The first kappa shape index (κ1) is 20.0. The lowest BCUT2D eigenvalue weighted by molar-refractivity contribution is 0.322. The zero-order valence-corrected chi connectivity index (χ0v) is 15.4. The molecular weight excluding hydrogens is 405 g/mol. The quantitative estimate of drug-likeness (QED) is 0.293. The zero-order chi connectivity index (χ0) is 14.8. The van der Waals surface area contributed by atoms with E-state index in [0.29, 0.717) is 25.7 Å². The molecule has 1 aromatic rings. The molecule has 0 aliphatic heterocycles. The minimum absolute atomic E-state index is 0. The molecule has 0 fully saturated rings. The molecule has 0 aliphatic rings. The lowest BCUT2D eigenvalue weighted by Gasteiger charge is -2.12. The van der Waals surface area contributed by atoms with Gasteiger partial charge in [-0.1, -0.05) is 18.2 Å². The van der Waals surface area contributed by atoms with Crippen LogP contribution >= 0.6 is 24.0 Å². The lowest BCUT2D eigenvalue weighted by Crippen LogP contribution is -2.41. The van der Waals surface area contributed by atoms with Crippen molar-refractivity contribution in [2.75, 3.05) is 38.8 Å². The number of nitrogens with zero attached hydrogens (tertiary/aromatic N) is 1. The van der Waals surface area contributed by atoms with Crippen molar-refractivity contribution in [1.82, 2.24) is 10.6 Å². The number of ether oxygens (including phenoxy) is 1. The number of halogens is 1. The molecule has 0 aliphatic carbocycles. The number of hydrogen-bond acceptors (Lipinski definition) is 4. The molecule has 1 aromatic carbocycles. The highest BCUT2D eigenvalue weighted by Gasteiger charge is 2.02. The molecule has 0 bridgehead atoms. The van der Waals surface area contributed by atoms with E-state index in [0.717, 1.165) is 5.75 Å². The Labute approximate surface area is 143 Å². The molecule has 2 N–H and O–H groups in total. The average molecular weight is 427 g/mol. The first-order valence-corrected chi connectivity index (χ1v) is 8.37. The van der Waals surface area contributed by atoms with Crippen LogP contribution in [0.2, 0.25) is 0 Å². The summed E-state index contributed by atoms with van der Waals surface area (Å²) in [6.45, 7) is 1.41. The predicted molar refractivity (Wildman–Crippen MR) is 96.4 cm³/mol. The van der Waals surface area contributed by atoms with Crippen LogP contribution in [-0.2, 0) is 9.84 Å². The van der Waals surface area contributed by atoms with Gasteiger partial charge < -0.3 is 15.4 Å². The number of sulfone groups is 1. The Hall–Kier alpha value is -1.03. The minimum atomic E-state index is -2.96. The smallest absolute Gasteiger partial charge is 0.191 e. The molecule has 0 saturated carbocycles. The molecule has 0 spiro atoms. The molecule has 0 unspecified atom stereocenters. The van der Waals surface area contributed by atoms with Gasteiger partial charge >= 0.3 is 0 Å². The Kier molecular flexibility index (Phi) is 10.1. The number of benzene rings is 1. The topological polar surface area (TPSA) is 79.8 Å². The molecule has 0 atom stereocenters. The van der Waals surface area contributed by atoms with E-state index in [1.54, 1.807) is 7.05 Å². The van der Waals surface area contributed by atoms with Crippen molar-refractivity contribution in [2.45, 2.75) is 0 Å². The van der Waals surface area contributed by atoms with Gasteiger partial charge in [-0.15, -0.1) is 24.0 Å². The average Bonchev–Trinajstić information content (AvgIpc) is 2.41. The molecule has 120 valence electrons. The Balaban J connectivity index is 0.00000400. The number of guanidine groups is 1. The first-order valence-electron chi connectivity index (χ1n) is 6.31. The van der Waals surface area contributed by atoms with Crippen LogP contribution in [0.5, 0.6) is 5.75 Å². The van der Waals surface area contributed by atoms with Gasteiger partial charge in [0.05, 0.1) is 12.3 Å². The van der Waals surface area contributed by atoms with Gasteiger partial charge in [0.25, 0.3) is 0 Å². The number of nitrogens with one attached hydrogen (secondary N) is 2. The largest absolute Gasteiger partial charge is 0.492 e. The van der Waals surface area contributed by atoms with Crippen LogP contribution < -0.4 is 15.4 Å².